The Kier molecular flexibility index (Phi) is 8.20. The molecule has 0 aromatic rings. The third-order valence-corrected chi connectivity index (χ3v) is 2.58. The van der Waals surface area contributed by atoms with Gasteiger partial charge in [0.2, 0.25) is 0 Å². The molecule has 0 aliphatic carbocycles. The molecule has 0 aliphatic heterocycles. The minimum Gasteiger partial charge on any atom is -0.315 e. The van der Waals surface area contributed by atoms with Crippen molar-refractivity contribution in [1.29, 1.82) is 0 Å². The van der Waals surface area contributed by atoms with Crippen molar-refractivity contribution in [3.8, 4) is 0 Å². The lowest BCUT2D eigenvalue weighted by Crippen LogP contribution is -2.44. The third kappa shape index (κ3) is 5.61. The Bertz CT molecular complexity index is 123. The highest BCUT2D eigenvalue weighted by Gasteiger charge is 2.14. The van der Waals surface area contributed by atoms with Crippen LogP contribution in [0.3, 0.4) is 0 Å². The molecule has 1 N–H and O–H groups in total. The highest BCUT2D eigenvalue weighted by atomic mass is 15.2. The lowest BCUT2D eigenvalue weighted by molar-refractivity contribution is 0.161. The van der Waals surface area contributed by atoms with E-state index < -0.39 is 0 Å². The van der Waals surface area contributed by atoms with E-state index >= 15 is 0 Å². The molecule has 0 rings (SSSR count). The summed E-state index contributed by atoms with van der Waals surface area (Å²) in [7, 11) is 0. The summed E-state index contributed by atoms with van der Waals surface area (Å²) >= 11 is 0. The van der Waals surface area contributed by atoms with Gasteiger partial charge in [-0.25, -0.2) is 0 Å². The van der Waals surface area contributed by atoms with Gasteiger partial charge in [0, 0.05) is 18.6 Å². The maximum atomic E-state index is 3.49. The van der Waals surface area contributed by atoms with Crippen molar-refractivity contribution in [2.24, 2.45) is 0 Å². The molecule has 0 aromatic heterocycles. The van der Waals surface area contributed by atoms with E-state index in [0.29, 0.717) is 12.1 Å². The molecule has 0 fully saturated rings. The molecule has 0 aromatic carbocycles. The fraction of sp³-hybridized carbons (Fsp3) is 1.00. The molecule has 0 aliphatic rings. The van der Waals surface area contributed by atoms with Crippen molar-refractivity contribution in [1.82, 2.24) is 10.2 Å². The van der Waals surface area contributed by atoms with Crippen LogP contribution in [0.1, 0.15) is 47.5 Å². The summed E-state index contributed by atoms with van der Waals surface area (Å²) in [6, 6.07) is 1.31. The first kappa shape index (κ1) is 13.9. The minimum absolute atomic E-state index is 0.654. The monoisotopic (exact) mass is 200 g/mol. The van der Waals surface area contributed by atoms with Gasteiger partial charge in [-0.05, 0) is 46.7 Å². The Balaban J connectivity index is 3.82. The van der Waals surface area contributed by atoms with Gasteiger partial charge in [0.1, 0.15) is 0 Å². The highest BCUT2D eigenvalue weighted by Crippen LogP contribution is 2.05. The van der Waals surface area contributed by atoms with Gasteiger partial charge in [-0.1, -0.05) is 13.8 Å². The van der Waals surface area contributed by atoms with E-state index in [9.17, 15) is 0 Å². The fourth-order valence-electron chi connectivity index (χ4n) is 1.85. The molecule has 0 saturated heterocycles. The van der Waals surface area contributed by atoms with Gasteiger partial charge in [-0.2, -0.15) is 0 Å². The van der Waals surface area contributed by atoms with Gasteiger partial charge < -0.3 is 5.32 Å². The van der Waals surface area contributed by atoms with Crippen LogP contribution in [0.25, 0.3) is 0 Å². The Hall–Kier alpha value is -0.0800. The second kappa shape index (κ2) is 8.25. The average molecular weight is 200 g/mol. The van der Waals surface area contributed by atoms with Gasteiger partial charge in [0.05, 0.1) is 0 Å². The van der Waals surface area contributed by atoms with Crippen molar-refractivity contribution in [3.05, 3.63) is 0 Å². The number of nitrogens with one attached hydrogen (secondary N) is 1. The van der Waals surface area contributed by atoms with Crippen molar-refractivity contribution < 1.29 is 0 Å². The Morgan fingerprint density at radius 1 is 1.07 bits per heavy atom. The second-order valence-electron chi connectivity index (χ2n) is 4.38. The molecule has 2 nitrogen and oxygen atoms in total. The SMILES string of the molecule is CCCNCC(C)N(CCC)C(C)C. The van der Waals surface area contributed by atoms with Gasteiger partial charge in [-0.15, -0.1) is 0 Å². The number of rotatable bonds is 8. The number of hydrogen-bond donors (Lipinski definition) is 1. The zero-order valence-electron chi connectivity index (χ0n) is 10.6. The first-order chi connectivity index (χ1) is 6.63. The molecule has 1 unspecified atom stereocenters. The molecule has 0 saturated carbocycles. The van der Waals surface area contributed by atoms with Crippen LogP contribution in [-0.4, -0.2) is 36.6 Å². The van der Waals surface area contributed by atoms with E-state index in [2.05, 4.69) is 44.8 Å². The zero-order chi connectivity index (χ0) is 11.0. The Morgan fingerprint density at radius 2 is 1.71 bits per heavy atom. The summed E-state index contributed by atoms with van der Waals surface area (Å²) in [6.45, 7) is 14.8. The predicted molar refractivity (Wildman–Crippen MR) is 64.8 cm³/mol. The number of nitrogens with zero attached hydrogens (tertiary/aromatic N) is 1. The second-order valence-corrected chi connectivity index (χ2v) is 4.38. The molecule has 86 valence electrons. The van der Waals surface area contributed by atoms with Crippen LogP contribution in [0, 0.1) is 0 Å². The van der Waals surface area contributed by atoms with Crippen LogP contribution in [0.15, 0.2) is 0 Å². The summed E-state index contributed by atoms with van der Waals surface area (Å²) in [5, 5.41) is 3.49. The number of hydrogen-bond acceptors (Lipinski definition) is 2. The van der Waals surface area contributed by atoms with Crippen molar-refractivity contribution >= 4 is 0 Å². The van der Waals surface area contributed by atoms with E-state index in [1.54, 1.807) is 0 Å². The van der Waals surface area contributed by atoms with Gasteiger partial charge in [0.25, 0.3) is 0 Å². The van der Waals surface area contributed by atoms with Crippen molar-refractivity contribution in [2.75, 3.05) is 19.6 Å². The maximum Gasteiger partial charge on any atom is 0.0195 e. The Labute approximate surface area is 90.1 Å². The highest BCUT2D eigenvalue weighted by molar-refractivity contribution is 4.72. The molecule has 0 amide bonds. The van der Waals surface area contributed by atoms with Crippen LogP contribution < -0.4 is 5.32 Å². The molecular formula is C12H28N2. The average Bonchev–Trinajstić information content (AvgIpc) is 2.13. The lowest BCUT2D eigenvalue weighted by atomic mass is 10.2. The van der Waals surface area contributed by atoms with Crippen LogP contribution >= 0.6 is 0 Å². The van der Waals surface area contributed by atoms with E-state index in [4.69, 9.17) is 0 Å². The summed E-state index contributed by atoms with van der Waals surface area (Å²) < 4.78 is 0. The largest absolute Gasteiger partial charge is 0.315 e. The van der Waals surface area contributed by atoms with E-state index in [1.165, 1.54) is 19.4 Å². The molecule has 0 bridgehead atoms. The summed E-state index contributed by atoms with van der Waals surface area (Å²) in [5.74, 6) is 0. The maximum absolute atomic E-state index is 3.49. The summed E-state index contributed by atoms with van der Waals surface area (Å²) in [6.07, 6.45) is 2.47. The van der Waals surface area contributed by atoms with E-state index in [-0.39, 0.29) is 0 Å². The van der Waals surface area contributed by atoms with Crippen LogP contribution in [0.5, 0.6) is 0 Å². The van der Waals surface area contributed by atoms with Crippen LogP contribution in [0.4, 0.5) is 0 Å². The first-order valence-electron chi connectivity index (χ1n) is 6.09. The molecule has 0 spiro atoms. The smallest absolute Gasteiger partial charge is 0.0195 e. The van der Waals surface area contributed by atoms with Crippen LogP contribution in [0.2, 0.25) is 0 Å². The summed E-state index contributed by atoms with van der Waals surface area (Å²) in [4.78, 5) is 2.57. The fourth-order valence-corrected chi connectivity index (χ4v) is 1.85. The third-order valence-electron chi connectivity index (χ3n) is 2.58. The van der Waals surface area contributed by atoms with Crippen LogP contribution in [-0.2, 0) is 0 Å². The van der Waals surface area contributed by atoms with Gasteiger partial charge >= 0.3 is 0 Å². The van der Waals surface area contributed by atoms with E-state index in [0.717, 1.165) is 13.1 Å². The zero-order valence-corrected chi connectivity index (χ0v) is 10.6. The molecule has 14 heavy (non-hydrogen) atoms. The molecule has 0 radical (unpaired) electrons. The normalized spacial score (nSPS) is 13.9. The quantitative estimate of drug-likeness (QED) is 0.606. The van der Waals surface area contributed by atoms with Gasteiger partial charge in [-0.3, -0.25) is 4.90 Å². The van der Waals surface area contributed by atoms with Gasteiger partial charge in [0.15, 0.2) is 0 Å². The Morgan fingerprint density at radius 3 is 2.14 bits per heavy atom. The minimum atomic E-state index is 0.654. The summed E-state index contributed by atoms with van der Waals surface area (Å²) in [5.41, 5.74) is 0. The predicted octanol–water partition coefficient (Wildman–Crippen LogP) is 2.49. The standard InChI is InChI=1S/C12H28N2/c1-6-8-13-10-12(5)14(9-7-2)11(3)4/h11-13H,6-10H2,1-5H3. The first-order valence-corrected chi connectivity index (χ1v) is 6.09. The van der Waals surface area contributed by atoms with E-state index in [1.807, 2.05) is 0 Å². The topological polar surface area (TPSA) is 15.3 Å². The molecular weight excluding hydrogens is 172 g/mol. The lowest BCUT2D eigenvalue weighted by Gasteiger charge is -2.32. The van der Waals surface area contributed by atoms with Crippen molar-refractivity contribution in [3.63, 3.8) is 0 Å². The molecule has 2 heteroatoms. The molecule has 0 heterocycles. The molecule has 1 atom stereocenters. The van der Waals surface area contributed by atoms with Crippen molar-refractivity contribution in [2.45, 2.75) is 59.5 Å².